The maximum Gasteiger partial charge on any atom is 0.185 e. The quantitative estimate of drug-likeness (QED) is 0.460. The molecule has 2 aromatic rings. The zero-order valence-corrected chi connectivity index (χ0v) is 15.9. The van der Waals surface area contributed by atoms with Crippen molar-refractivity contribution in [1.29, 1.82) is 0 Å². The average Bonchev–Trinajstić information content (AvgIpc) is 3.24. The first kappa shape index (κ1) is 17.7. The maximum absolute atomic E-state index is 5.40. The minimum absolute atomic E-state index is 0.158. The lowest BCUT2D eigenvalue weighted by atomic mass is 10.1. The van der Waals surface area contributed by atoms with Crippen LogP contribution in [0, 0.1) is 0 Å². The standard InChI is InChI=1S/C21H23N5S/c22-20(23)24-13-7-12-17-14-26-18(15-8-3-1-4-9-15)19(27-21(26)25-17)16-10-5-2-6-11-16/h1-6,8-11,17H,7,12-14H2,(H4,22,23,24)/t17-/m0/s1. The topological polar surface area (TPSA) is 80.0 Å². The summed E-state index contributed by atoms with van der Waals surface area (Å²) in [4.78, 5) is 12.7. The molecule has 27 heavy (non-hydrogen) atoms. The molecule has 6 heteroatoms. The van der Waals surface area contributed by atoms with Gasteiger partial charge in [-0.1, -0.05) is 60.7 Å². The number of nitrogens with two attached hydrogens (primary N) is 2. The second kappa shape index (κ2) is 7.88. The van der Waals surface area contributed by atoms with Crippen molar-refractivity contribution in [3.63, 3.8) is 0 Å². The van der Waals surface area contributed by atoms with Gasteiger partial charge in [0.15, 0.2) is 11.1 Å². The predicted molar refractivity (Wildman–Crippen MR) is 115 cm³/mol. The van der Waals surface area contributed by atoms with Crippen molar-refractivity contribution in [3.8, 4) is 0 Å². The Hall–Kier alpha value is -2.73. The summed E-state index contributed by atoms with van der Waals surface area (Å²) in [5, 5.41) is 1.10. The summed E-state index contributed by atoms with van der Waals surface area (Å²) < 4.78 is 0. The Kier molecular flexibility index (Phi) is 5.16. The molecule has 0 bridgehead atoms. The number of nitrogens with zero attached hydrogens (tertiary/aromatic N) is 3. The van der Waals surface area contributed by atoms with Gasteiger partial charge >= 0.3 is 0 Å². The van der Waals surface area contributed by atoms with Gasteiger partial charge in [-0.2, -0.15) is 0 Å². The van der Waals surface area contributed by atoms with Crippen LogP contribution in [-0.2, 0) is 0 Å². The third-order valence-electron chi connectivity index (χ3n) is 4.67. The van der Waals surface area contributed by atoms with E-state index < -0.39 is 0 Å². The van der Waals surface area contributed by atoms with Crippen LogP contribution < -0.4 is 11.5 Å². The van der Waals surface area contributed by atoms with Crippen molar-refractivity contribution >= 4 is 33.5 Å². The van der Waals surface area contributed by atoms with Gasteiger partial charge in [-0.15, -0.1) is 0 Å². The predicted octanol–water partition coefficient (Wildman–Crippen LogP) is 3.35. The van der Waals surface area contributed by atoms with E-state index in [-0.39, 0.29) is 12.0 Å². The summed E-state index contributed by atoms with van der Waals surface area (Å²) in [6.07, 6.45) is 1.92. The van der Waals surface area contributed by atoms with E-state index in [2.05, 4.69) is 70.6 Å². The van der Waals surface area contributed by atoms with Crippen LogP contribution in [0.1, 0.15) is 24.0 Å². The van der Waals surface area contributed by atoms with Crippen LogP contribution in [0.4, 0.5) is 0 Å². The Balaban J connectivity index is 1.57. The fourth-order valence-electron chi connectivity index (χ4n) is 3.45. The molecule has 2 aliphatic heterocycles. The Morgan fingerprint density at radius 3 is 2.37 bits per heavy atom. The van der Waals surface area contributed by atoms with Crippen LogP contribution in [-0.4, -0.2) is 35.2 Å². The number of rotatable bonds is 6. The second-order valence-corrected chi connectivity index (χ2v) is 7.61. The number of hydrogen-bond donors (Lipinski definition) is 2. The monoisotopic (exact) mass is 377 g/mol. The van der Waals surface area contributed by atoms with Crippen LogP contribution in [0.25, 0.3) is 10.6 Å². The first-order valence-electron chi connectivity index (χ1n) is 9.16. The summed E-state index contributed by atoms with van der Waals surface area (Å²) in [5.41, 5.74) is 14.5. The molecule has 0 unspecified atom stereocenters. The second-order valence-electron chi connectivity index (χ2n) is 6.64. The smallest absolute Gasteiger partial charge is 0.185 e. The van der Waals surface area contributed by atoms with Crippen LogP contribution in [0.15, 0.2) is 70.6 Å². The maximum atomic E-state index is 5.40. The summed E-state index contributed by atoms with van der Waals surface area (Å²) >= 11 is 1.77. The molecule has 1 atom stereocenters. The van der Waals surface area contributed by atoms with Gasteiger partial charge in [0.2, 0.25) is 0 Å². The highest BCUT2D eigenvalue weighted by Crippen LogP contribution is 2.47. The molecule has 0 saturated carbocycles. The zero-order valence-electron chi connectivity index (χ0n) is 15.1. The molecule has 0 radical (unpaired) electrons. The third-order valence-corrected chi connectivity index (χ3v) is 5.81. The normalized spacial score (nSPS) is 18.4. The van der Waals surface area contributed by atoms with Crippen LogP contribution in [0.3, 0.4) is 0 Å². The van der Waals surface area contributed by atoms with Gasteiger partial charge in [0.25, 0.3) is 0 Å². The summed E-state index contributed by atoms with van der Waals surface area (Å²) in [7, 11) is 0. The van der Waals surface area contributed by atoms with Gasteiger partial charge in [0, 0.05) is 18.0 Å². The molecule has 2 heterocycles. The molecule has 0 aliphatic carbocycles. The molecule has 4 rings (SSSR count). The fourth-order valence-corrected chi connectivity index (χ4v) is 4.68. The van der Waals surface area contributed by atoms with Crippen LogP contribution in [0.2, 0.25) is 0 Å². The van der Waals surface area contributed by atoms with E-state index >= 15 is 0 Å². The minimum atomic E-state index is 0.158. The van der Waals surface area contributed by atoms with Gasteiger partial charge in [0.1, 0.15) is 0 Å². The van der Waals surface area contributed by atoms with E-state index in [9.17, 15) is 0 Å². The molecule has 2 aromatic carbocycles. The summed E-state index contributed by atoms with van der Waals surface area (Å²) in [5.74, 6) is 0.158. The molecule has 0 spiro atoms. The number of fused-ring (bicyclic) bond motifs is 1. The van der Waals surface area contributed by atoms with Gasteiger partial charge in [-0.3, -0.25) is 9.98 Å². The Morgan fingerprint density at radius 2 is 1.70 bits per heavy atom. The number of benzene rings is 2. The lowest BCUT2D eigenvalue weighted by molar-refractivity contribution is 0.524. The molecule has 0 aromatic heterocycles. The van der Waals surface area contributed by atoms with E-state index in [1.165, 1.54) is 21.7 Å². The number of guanidine groups is 1. The Labute approximate surface area is 163 Å². The van der Waals surface area contributed by atoms with Crippen molar-refractivity contribution in [2.75, 3.05) is 13.1 Å². The average molecular weight is 378 g/mol. The number of aliphatic imine (C=N–C) groups is 2. The highest BCUT2D eigenvalue weighted by molar-refractivity contribution is 8.22. The van der Waals surface area contributed by atoms with Crippen LogP contribution in [0.5, 0.6) is 0 Å². The molecule has 0 fully saturated rings. The SMILES string of the molecule is NC(N)=NCCC[C@H]1CN2C(=N1)SC(c1ccccc1)=C2c1ccccc1. The van der Waals surface area contributed by atoms with Crippen molar-refractivity contribution in [3.05, 3.63) is 71.8 Å². The van der Waals surface area contributed by atoms with E-state index in [1.807, 2.05) is 0 Å². The molecule has 0 amide bonds. The molecule has 2 aliphatic rings. The van der Waals surface area contributed by atoms with Crippen molar-refractivity contribution < 1.29 is 0 Å². The van der Waals surface area contributed by atoms with Crippen molar-refractivity contribution in [2.45, 2.75) is 18.9 Å². The van der Waals surface area contributed by atoms with E-state index in [0.29, 0.717) is 6.54 Å². The largest absolute Gasteiger partial charge is 0.370 e. The third kappa shape index (κ3) is 3.85. The lowest BCUT2D eigenvalue weighted by Crippen LogP contribution is -2.24. The first-order valence-corrected chi connectivity index (χ1v) is 9.98. The summed E-state index contributed by atoms with van der Waals surface area (Å²) in [6.45, 7) is 1.57. The highest BCUT2D eigenvalue weighted by atomic mass is 32.2. The number of thioether (sulfide) groups is 1. The van der Waals surface area contributed by atoms with E-state index in [0.717, 1.165) is 24.6 Å². The first-order chi connectivity index (χ1) is 13.2. The fraction of sp³-hybridized carbons (Fsp3) is 0.238. The molecular formula is C21H23N5S. The summed E-state index contributed by atoms with van der Waals surface area (Å²) in [6, 6.07) is 21.4. The molecular weight excluding hydrogens is 354 g/mol. The Bertz CT molecular complexity index is 885. The van der Waals surface area contributed by atoms with Crippen molar-refractivity contribution in [1.82, 2.24) is 4.90 Å². The Morgan fingerprint density at radius 1 is 1.04 bits per heavy atom. The molecule has 4 N–H and O–H groups in total. The highest BCUT2D eigenvalue weighted by Gasteiger charge is 2.36. The minimum Gasteiger partial charge on any atom is -0.370 e. The van der Waals surface area contributed by atoms with E-state index in [4.69, 9.17) is 16.5 Å². The van der Waals surface area contributed by atoms with Crippen LogP contribution >= 0.6 is 11.8 Å². The zero-order chi connectivity index (χ0) is 18.6. The number of hydrogen-bond acceptors (Lipinski definition) is 4. The van der Waals surface area contributed by atoms with Gasteiger partial charge < -0.3 is 16.4 Å². The molecule has 0 saturated heterocycles. The molecule has 138 valence electrons. The molecule has 5 nitrogen and oxygen atoms in total. The van der Waals surface area contributed by atoms with Gasteiger partial charge in [0.05, 0.1) is 11.7 Å². The van der Waals surface area contributed by atoms with Gasteiger partial charge in [-0.05, 0) is 35.7 Å². The van der Waals surface area contributed by atoms with Gasteiger partial charge in [-0.25, -0.2) is 0 Å². The number of amidine groups is 1. The van der Waals surface area contributed by atoms with Crippen molar-refractivity contribution in [2.24, 2.45) is 21.5 Å². The lowest BCUT2D eigenvalue weighted by Gasteiger charge is -2.19. The van der Waals surface area contributed by atoms with E-state index in [1.54, 1.807) is 11.8 Å².